The second-order valence-electron chi connectivity index (χ2n) is 4.70. The third-order valence-electron chi connectivity index (χ3n) is 3.15. The molecule has 0 radical (unpaired) electrons. The summed E-state index contributed by atoms with van der Waals surface area (Å²) in [5.74, 6) is -0.164. The van der Waals surface area contributed by atoms with Gasteiger partial charge in [-0.25, -0.2) is 8.42 Å². The molecule has 1 heterocycles. The van der Waals surface area contributed by atoms with Crippen molar-refractivity contribution >= 4 is 37.4 Å². The van der Waals surface area contributed by atoms with Crippen LogP contribution in [0.5, 0.6) is 0 Å². The molecule has 1 fully saturated rings. The maximum atomic E-state index is 12.4. The molecular weight excluding hydrogens is 332 g/mol. The summed E-state index contributed by atoms with van der Waals surface area (Å²) >= 11 is 3.32. The maximum Gasteiger partial charge on any atom is 0.255 e. The summed E-state index contributed by atoms with van der Waals surface area (Å²) in [7, 11) is -3.03. The fourth-order valence-corrected chi connectivity index (χ4v) is 4.13. The summed E-state index contributed by atoms with van der Waals surface area (Å²) in [5, 5.41) is 0. The molecule has 0 spiro atoms. The Bertz CT molecular complexity index is 615. The van der Waals surface area contributed by atoms with E-state index in [4.69, 9.17) is 5.73 Å². The zero-order chi connectivity index (χ0) is 14.2. The Morgan fingerprint density at radius 2 is 2.16 bits per heavy atom. The molecule has 1 aromatic carbocycles. The van der Waals surface area contributed by atoms with Gasteiger partial charge in [-0.3, -0.25) is 4.79 Å². The molecule has 0 bridgehead atoms. The van der Waals surface area contributed by atoms with Crippen LogP contribution in [-0.4, -0.2) is 43.3 Å². The lowest BCUT2D eigenvalue weighted by Gasteiger charge is -2.33. The SMILES string of the molecule is CC1CS(=O)(=O)CCN1C(=O)c1cc(N)ccc1Br. The van der Waals surface area contributed by atoms with Crippen molar-refractivity contribution in [1.29, 1.82) is 0 Å². The van der Waals surface area contributed by atoms with Crippen molar-refractivity contribution in [3.05, 3.63) is 28.2 Å². The number of benzene rings is 1. The molecule has 2 N–H and O–H groups in total. The number of hydrogen-bond acceptors (Lipinski definition) is 4. The zero-order valence-corrected chi connectivity index (χ0v) is 12.9. The van der Waals surface area contributed by atoms with Crippen molar-refractivity contribution in [2.24, 2.45) is 0 Å². The lowest BCUT2D eigenvalue weighted by atomic mass is 10.1. The summed E-state index contributed by atoms with van der Waals surface area (Å²) in [5.41, 5.74) is 6.65. The number of halogens is 1. The third kappa shape index (κ3) is 3.09. The Hall–Kier alpha value is -1.08. The Labute approximate surface area is 120 Å². The lowest BCUT2D eigenvalue weighted by Crippen LogP contribution is -2.49. The van der Waals surface area contributed by atoms with E-state index in [0.29, 0.717) is 15.7 Å². The van der Waals surface area contributed by atoms with Crippen molar-refractivity contribution in [1.82, 2.24) is 4.90 Å². The number of sulfone groups is 1. The Kier molecular flexibility index (Phi) is 3.87. The molecule has 1 amide bonds. The van der Waals surface area contributed by atoms with Gasteiger partial charge in [0, 0.05) is 22.7 Å². The average molecular weight is 347 g/mol. The minimum Gasteiger partial charge on any atom is -0.399 e. The van der Waals surface area contributed by atoms with Crippen molar-refractivity contribution in [3.8, 4) is 0 Å². The molecule has 7 heteroatoms. The predicted octanol–water partition coefficient (Wildman–Crippen LogP) is 1.29. The summed E-state index contributed by atoms with van der Waals surface area (Å²) in [4.78, 5) is 14.0. The second-order valence-corrected chi connectivity index (χ2v) is 7.78. The zero-order valence-electron chi connectivity index (χ0n) is 10.5. The van der Waals surface area contributed by atoms with E-state index >= 15 is 0 Å². The standard InChI is InChI=1S/C12H15BrN2O3S/c1-8-7-19(17,18)5-4-15(8)12(16)10-6-9(14)2-3-11(10)13/h2-3,6,8H,4-5,7,14H2,1H3. The van der Waals surface area contributed by atoms with Crippen molar-refractivity contribution in [2.45, 2.75) is 13.0 Å². The van der Waals surface area contributed by atoms with E-state index in [1.807, 2.05) is 0 Å². The second kappa shape index (κ2) is 5.13. The molecule has 2 rings (SSSR count). The molecule has 1 atom stereocenters. The van der Waals surface area contributed by atoms with Crippen molar-refractivity contribution < 1.29 is 13.2 Å². The first-order valence-corrected chi connectivity index (χ1v) is 8.48. The van der Waals surface area contributed by atoms with Gasteiger partial charge in [0.05, 0.1) is 17.1 Å². The molecule has 0 aliphatic carbocycles. The summed E-state index contributed by atoms with van der Waals surface area (Å²) in [6.07, 6.45) is 0. The number of nitrogen functional groups attached to an aromatic ring is 1. The minimum absolute atomic E-state index is 0.0126. The van der Waals surface area contributed by atoms with Crippen molar-refractivity contribution in [2.75, 3.05) is 23.8 Å². The van der Waals surface area contributed by atoms with E-state index in [0.717, 1.165) is 0 Å². The Balaban J connectivity index is 2.27. The monoisotopic (exact) mass is 346 g/mol. The summed E-state index contributed by atoms with van der Waals surface area (Å²) in [6, 6.07) is 4.70. The van der Waals surface area contributed by atoms with Crippen LogP contribution in [0.25, 0.3) is 0 Å². The smallest absolute Gasteiger partial charge is 0.255 e. The number of nitrogens with zero attached hydrogens (tertiary/aromatic N) is 1. The van der Waals surface area contributed by atoms with Gasteiger partial charge >= 0.3 is 0 Å². The first-order valence-electron chi connectivity index (χ1n) is 5.86. The number of amides is 1. The highest BCUT2D eigenvalue weighted by molar-refractivity contribution is 9.10. The fourth-order valence-electron chi connectivity index (χ4n) is 2.16. The summed E-state index contributed by atoms with van der Waals surface area (Å²) < 4.78 is 23.7. The van der Waals surface area contributed by atoms with Gasteiger partial charge in [-0.15, -0.1) is 0 Å². The number of rotatable bonds is 1. The van der Waals surface area contributed by atoms with Gasteiger partial charge in [-0.05, 0) is 41.1 Å². The van der Waals surface area contributed by atoms with Crippen LogP contribution in [0, 0.1) is 0 Å². The van der Waals surface area contributed by atoms with E-state index in [-0.39, 0.29) is 30.0 Å². The van der Waals surface area contributed by atoms with Crippen LogP contribution in [0.15, 0.2) is 22.7 Å². The number of anilines is 1. The van der Waals surface area contributed by atoms with E-state index in [1.165, 1.54) is 0 Å². The van der Waals surface area contributed by atoms with Crippen LogP contribution in [0.4, 0.5) is 5.69 Å². The van der Waals surface area contributed by atoms with E-state index in [9.17, 15) is 13.2 Å². The lowest BCUT2D eigenvalue weighted by molar-refractivity contribution is 0.0711. The van der Waals surface area contributed by atoms with Gasteiger partial charge in [-0.1, -0.05) is 0 Å². The largest absolute Gasteiger partial charge is 0.399 e. The average Bonchev–Trinajstić information content (AvgIpc) is 2.30. The highest BCUT2D eigenvalue weighted by atomic mass is 79.9. The molecular formula is C12H15BrN2O3S. The van der Waals surface area contributed by atoms with Gasteiger partial charge in [0.15, 0.2) is 9.84 Å². The summed E-state index contributed by atoms with van der Waals surface area (Å²) in [6.45, 7) is 1.97. The highest BCUT2D eigenvalue weighted by Gasteiger charge is 2.32. The number of carbonyl (C=O) groups is 1. The molecule has 19 heavy (non-hydrogen) atoms. The molecule has 1 aliphatic heterocycles. The van der Waals surface area contributed by atoms with Gasteiger partial charge < -0.3 is 10.6 Å². The van der Waals surface area contributed by atoms with Gasteiger partial charge in [0.25, 0.3) is 5.91 Å². The van der Waals surface area contributed by atoms with Gasteiger partial charge in [0.1, 0.15) is 0 Å². The first-order chi connectivity index (χ1) is 8.80. The molecule has 5 nitrogen and oxygen atoms in total. The molecule has 0 saturated carbocycles. The van der Waals surface area contributed by atoms with Crippen LogP contribution in [0.3, 0.4) is 0 Å². The van der Waals surface area contributed by atoms with Gasteiger partial charge in [0.2, 0.25) is 0 Å². The van der Waals surface area contributed by atoms with E-state index in [2.05, 4.69) is 15.9 Å². The predicted molar refractivity (Wildman–Crippen MR) is 77.7 cm³/mol. The van der Waals surface area contributed by atoms with Crippen LogP contribution in [0.1, 0.15) is 17.3 Å². The number of nitrogens with two attached hydrogens (primary N) is 1. The maximum absolute atomic E-state index is 12.4. The quantitative estimate of drug-likeness (QED) is 0.777. The molecule has 1 aliphatic rings. The van der Waals surface area contributed by atoms with E-state index in [1.54, 1.807) is 30.0 Å². The molecule has 1 unspecified atom stereocenters. The fraction of sp³-hybridized carbons (Fsp3) is 0.417. The Morgan fingerprint density at radius 3 is 2.79 bits per heavy atom. The van der Waals surface area contributed by atoms with E-state index < -0.39 is 9.84 Å². The van der Waals surface area contributed by atoms with Crippen LogP contribution >= 0.6 is 15.9 Å². The normalized spacial score (nSPS) is 22.2. The van der Waals surface area contributed by atoms with Crippen LogP contribution in [-0.2, 0) is 9.84 Å². The topological polar surface area (TPSA) is 80.5 Å². The van der Waals surface area contributed by atoms with Crippen molar-refractivity contribution in [3.63, 3.8) is 0 Å². The van der Waals surface area contributed by atoms with Gasteiger partial charge in [-0.2, -0.15) is 0 Å². The Morgan fingerprint density at radius 1 is 1.47 bits per heavy atom. The minimum atomic E-state index is -3.03. The van der Waals surface area contributed by atoms with Crippen LogP contribution in [0.2, 0.25) is 0 Å². The van der Waals surface area contributed by atoms with Crippen LogP contribution < -0.4 is 5.73 Å². The number of carbonyl (C=O) groups excluding carboxylic acids is 1. The number of hydrogen-bond donors (Lipinski definition) is 1. The highest BCUT2D eigenvalue weighted by Crippen LogP contribution is 2.23. The molecule has 1 aromatic rings. The molecule has 1 saturated heterocycles. The third-order valence-corrected chi connectivity index (χ3v) is 5.64. The molecule has 104 valence electrons. The molecule has 0 aromatic heterocycles. The first kappa shape index (κ1) is 14.3.